The molecule has 3 rings (SSSR count). The number of aryl methyl sites for hydroxylation is 1. The Bertz CT molecular complexity index is 1270. The van der Waals surface area contributed by atoms with Gasteiger partial charge in [0.25, 0.3) is 0 Å². The Balaban J connectivity index is 1.41. The van der Waals surface area contributed by atoms with E-state index in [1.165, 1.54) is 31.2 Å². The zero-order valence-electron chi connectivity index (χ0n) is 20.6. The van der Waals surface area contributed by atoms with Crippen LogP contribution in [0.5, 0.6) is 0 Å². The minimum atomic E-state index is -0.957. The van der Waals surface area contributed by atoms with Crippen LogP contribution >= 0.6 is 0 Å². The number of ether oxygens (including phenoxy) is 2. The fraction of sp³-hybridized carbons (Fsp3) is 0.207. The minimum Gasteiger partial charge on any atom is -0.457 e. The molecule has 8 nitrogen and oxygen atoms in total. The molecule has 3 aromatic rings. The predicted octanol–water partition coefficient (Wildman–Crippen LogP) is 4.57. The van der Waals surface area contributed by atoms with Crippen LogP contribution in [0.2, 0.25) is 0 Å². The van der Waals surface area contributed by atoms with Crippen LogP contribution in [-0.2, 0) is 19.1 Å². The largest absolute Gasteiger partial charge is 0.457 e. The van der Waals surface area contributed by atoms with Crippen LogP contribution in [0.3, 0.4) is 0 Å². The Morgan fingerprint density at radius 2 is 1.38 bits per heavy atom. The standard InChI is InChI=1S/C29H27NO7/c1-19-8-10-21(11-9-19)25(31)18-36-27(33)17-16-26(32)30-24-14-12-23(13-15-24)29(35)37-20(2)28(34)22-6-4-3-5-7-22/h3-15,20H,16-18H2,1-2H3,(H,30,32)/t20-/m0/s1. The van der Waals surface area contributed by atoms with Gasteiger partial charge in [-0.25, -0.2) is 4.79 Å². The second-order valence-corrected chi connectivity index (χ2v) is 8.35. The lowest BCUT2D eigenvalue weighted by molar-refractivity contribution is -0.143. The van der Waals surface area contributed by atoms with Gasteiger partial charge in [-0.2, -0.15) is 0 Å². The number of hydrogen-bond donors (Lipinski definition) is 1. The van der Waals surface area contributed by atoms with Crippen molar-refractivity contribution in [3.05, 3.63) is 101 Å². The van der Waals surface area contributed by atoms with Gasteiger partial charge in [-0.1, -0.05) is 60.2 Å². The first kappa shape index (κ1) is 27.0. The number of ketones is 2. The highest BCUT2D eigenvalue weighted by molar-refractivity contribution is 6.01. The lowest BCUT2D eigenvalue weighted by atomic mass is 10.1. The summed E-state index contributed by atoms with van der Waals surface area (Å²) in [7, 11) is 0. The first-order chi connectivity index (χ1) is 17.7. The van der Waals surface area contributed by atoms with Crippen LogP contribution in [0.4, 0.5) is 5.69 Å². The second kappa shape index (κ2) is 12.9. The number of carbonyl (C=O) groups excluding carboxylic acids is 5. The summed E-state index contributed by atoms with van der Waals surface area (Å²) in [5.74, 6) is -2.39. The highest BCUT2D eigenvalue weighted by Crippen LogP contribution is 2.14. The summed E-state index contributed by atoms with van der Waals surface area (Å²) in [5.41, 5.74) is 2.53. The van der Waals surface area contributed by atoms with E-state index >= 15 is 0 Å². The highest BCUT2D eigenvalue weighted by atomic mass is 16.5. The van der Waals surface area contributed by atoms with Gasteiger partial charge in [0.05, 0.1) is 12.0 Å². The lowest BCUT2D eigenvalue weighted by Crippen LogP contribution is -2.24. The van der Waals surface area contributed by atoms with Crippen molar-refractivity contribution in [3.63, 3.8) is 0 Å². The molecule has 190 valence electrons. The average molecular weight is 502 g/mol. The Morgan fingerprint density at radius 1 is 0.757 bits per heavy atom. The number of esters is 2. The van der Waals surface area contributed by atoms with E-state index in [2.05, 4.69) is 5.32 Å². The predicted molar refractivity (Wildman–Crippen MR) is 136 cm³/mol. The number of carbonyl (C=O) groups is 5. The van der Waals surface area contributed by atoms with Gasteiger partial charge in [0.15, 0.2) is 18.5 Å². The van der Waals surface area contributed by atoms with E-state index in [0.717, 1.165) is 5.56 Å². The quantitative estimate of drug-likeness (QED) is 0.302. The molecule has 0 spiro atoms. The van der Waals surface area contributed by atoms with E-state index in [0.29, 0.717) is 16.8 Å². The monoisotopic (exact) mass is 501 g/mol. The highest BCUT2D eigenvalue weighted by Gasteiger charge is 2.20. The first-order valence-corrected chi connectivity index (χ1v) is 11.7. The molecule has 1 atom stereocenters. The zero-order chi connectivity index (χ0) is 26.8. The normalized spacial score (nSPS) is 11.2. The van der Waals surface area contributed by atoms with E-state index in [1.807, 2.05) is 6.92 Å². The minimum absolute atomic E-state index is 0.138. The molecule has 0 saturated carbocycles. The maximum absolute atomic E-state index is 12.4. The van der Waals surface area contributed by atoms with Crippen LogP contribution < -0.4 is 5.32 Å². The Morgan fingerprint density at radius 3 is 2.03 bits per heavy atom. The lowest BCUT2D eigenvalue weighted by Gasteiger charge is -2.12. The molecular formula is C29H27NO7. The smallest absolute Gasteiger partial charge is 0.338 e. The van der Waals surface area contributed by atoms with Crippen LogP contribution in [0.25, 0.3) is 0 Å². The van der Waals surface area contributed by atoms with Crippen molar-refractivity contribution in [1.29, 1.82) is 0 Å². The molecule has 1 N–H and O–H groups in total. The summed E-state index contributed by atoms with van der Waals surface area (Å²) in [6.07, 6.45) is -1.29. The Hall–Kier alpha value is -4.59. The van der Waals surface area contributed by atoms with Gasteiger partial charge in [0.2, 0.25) is 11.7 Å². The van der Waals surface area contributed by atoms with Crippen molar-refractivity contribution in [3.8, 4) is 0 Å². The van der Waals surface area contributed by atoms with Crippen LogP contribution in [0.1, 0.15) is 56.4 Å². The summed E-state index contributed by atoms with van der Waals surface area (Å²) in [4.78, 5) is 60.9. The number of amides is 1. The third-order valence-corrected chi connectivity index (χ3v) is 5.41. The number of hydrogen-bond acceptors (Lipinski definition) is 7. The second-order valence-electron chi connectivity index (χ2n) is 8.35. The van der Waals surface area contributed by atoms with Crippen molar-refractivity contribution in [2.75, 3.05) is 11.9 Å². The summed E-state index contributed by atoms with van der Waals surface area (Å²) in [5, 5.41) is 2.62. The topological polar surface area (TPSA) is 116 Å². The van der Waals surface area contributed by atoms with Gasteiger partial charge < -0.3 is 14.8 Å². The number of Topliss-reactive ketones (excluding diaryl/α,β-unsaturated/α-hetero) is 2. The molecule has 8 heteroatoms. The van der Waals surface area contributed by atoms with Gasteiger partial charge in [-0.15, -0.1) is 0 Å². The molecule has 0 unspecified atom stereocenters. The number of rotatable bonds is 11. The molecule has 0 aromatic heterocycles. The van der Waals surface area contributed by atoms with E-state index in [9.17, 15) is 24.0 Å². The molecule has 3 aromatic carbocycles. The molecule has 0 aliphatic rings. The Kier molecular flexibility index (Phi) is 9.43. The summed E-state index contributed by atoms with van der Waals surface area (Å²) in [6, 6.07) is 21.4. The van der Waals surface area contributed by atoms with Crippen molar-refractivity contribution in [1.82, 2.24) is 0 Å². The summed E-state index contributed by atoms with van der Waals surface area (Å²) in [6.45, 7) is 3.02. The molecule has 0 heterocycles. The number of anilines is 1. The van der Waals surface area contributed by atoms with Crippen LogP contribution in [0, 0.1) is 6.92 Å². The maximum atomic E-state index is 12.4. The van der Waals surface area contributed by atoms with E-state index in [1.54, 1.807) is 54.6 Å². The molecule has 0 radical (unpaired) electrons. The fourth-order valence-corrected chi connectivity index (χ4v) is 3.29. The first-order valence-electron chi connectivity index (χ1n) is 11.7. The molecule has 37 heavy (non-hydrogen) atoms. The van der Waals surface area contributed by atoms with E-state index in [-0.39, 0.29) is 30.0 Å². The fourth-order valence-electron chi connectivity index (χ4n) is 3.29. The van der Waals surface area contributed by atoms with Crippen molar-refractivity contribution in [2.45, 2.75) is 32.8 Å². The summed E-state index contributed by atoms with van der Waals surface area (Å²) >= 11 is 0. The molecular weight excluding hydrogens is 474 g/mol. The van der Waals surface area contributed by atoms with Gasteiger partial charge in [0.1, 0.15) is 0 Å². The van der Waals surface area contributed by atoms with E-state index < -0.39 is 30.6 Å². The molecule has 0 aliphatic heterocycles. The van der Waals surface area contributed by atoms with Gasteiger partial charge in [0, 0.05) is 23.2 Å². The van der Waals surface area contributed by atoms with Crippen LogP contribution in [-0.4, -0.2) is 42.1 Å². The molecule has 0 bridgehead atoms. The zero-order valence-corrected chi connectivity index (χ0v) is 20.6. The third kappa shape index (κ3) is 8.24. The number of nitrogens with one attached hydrogen (secondary N) is 1. The third-order valence-electron chi connectivity index (χ3n) is 5.41. The Labute approximate surface area is 214 Å². The molecule has 1 amide bonds. The SMILES string of the molecule is Cc1ccc(C(=O)COC(=O)CCC(=O)Nc2ccc(C(=O)O[C@@H](C)C(=O)c3ccccc3)cc2)cc1. The van der Waals surface area contributed by atoms with Gasteiger partial charge in [-0.3, -0.25) is 19.2 Å². The van der Waals surface area contributed by atoms with E-state index in [4.69, 9.17) is 9.47 Å². The molecule has 0 aliphatic carbocycles. The van der Waals surface area contributed by atoms with Crippen LogP contribution in [0.15, 0.2) is 78.9 Å². The average Bonchev–Trinajstić information content (AvgIpc) is 2.91. The van der Waals surface area contributed by atoms with Gasteiger partial charge in [-0.05, 0) is 38.1 Å². The van der Waals surface area contributed by atoms with Gasteiger partial charge >= 0.3 is 11.9 Å². The van der Waals surface area contributed by atoms with Crippen molar-refractivity contribution in [2.24, 2.45) is 0 Å². The number of benzene rings is 3. The molecule has 0 saturated heterocycles. The maximum Gasteiger partial charge on any atom is 0.338 e. The molecule has 0 fully saturated rings. The summed E-state index contributed by atoms with van der Waals surface area (Å²) < 4.78 is 10.2. The van der Waals surface area contributed by atoms with Crippen molar-refractivity contribution < 1.29 is 33.4 Å². The van der Waals surface area contributed by atoms with Crippen molar-refractivity contribution >= 4 is 35.1 Å².